The van der Waals surface area contributed by atoms with Crippen molar-refractivity contribution in [2.45, 2.75) is 64.0 Å². The SMILES string of the molecule is Cc1c(C(=O)O)ccc2c1NC(C1CCCCC1)C1CCCOC21. The zero-order valence-electron chi connectivity index (χ0n) is 14.4. The fourth-order valence-corrected chi connectivity index (χ4v) is 5.12. The normalized spacial score (nSPS) is 30.1. The average Bonchev–Trinajstić information content (AvgIpc) is 2.62. The maximum atomic E-state index is 11.5. The summed E-state index contributed by atoms with van der Waals surface area (Å²) in [6.45, 7) is 2.74. The van der Waals surface area contributed by atoms with Gasteiger partial charge in [-0.15, -0.1) is 0 Å². The Kier molecular flexibility index (Phi) is 4.25. The molecule has 0 amide bonds. The first-order valence-corrected chi connectivity index (χ1v) is 9.41. The number of hydrogen-bond donors (Lipinski definition) is 2. The minimum absolute atomic E-state index is 0.128. The van der Waals surface area contributed by atoms with Crippen molar-refractivity contribution in [3.05, 3.63) is 28.8 Å². The number of anilines is 1. The summed E-state index contributed by atoms with van der Waals surface area (Å²) in [5.41, 5.74) is 3.44. The maximum absolute atomic E-state index is 11.5. The number of carboxylic acid groups (broad SMARTS) is 1. The van der Waals surface area contributed by atoms with E-state index in [-0.39, 0.29) is 6.10 Å². The van der Waals surface area contributed by atoms with Gasteiger partial charge in [0, 0.05) is 29.8 Å². The highest BCUT2D eigenvalue weighted by molar-refractivity contribution is 5.92. The third-order valence-corrected chi connectivity index (χ3v) is 6.33. The van der Waals surface area contributed by atoms with E-state index in [9.17, 15) is 9.90 Å². The molecular weight excluding hydrogens is 302 g/mol. The Morgan fingerprint density at radius 2 is 1.96 bits per heavy atom. The van der Waals surface area contributed by atoms with Gasteiger partial charge in [0.05, 0.1) is 11.7 Å². The van der Waals surface area contributed by atoms with Gasteiger partial charge in [-0.25, -0.2) is 4.79 Å². The summed E-state index contributed by atoms with van der Waals surface area (Å²) >= 11 is 0. The van der Waals surface area contributed by atoms with Crippen LogP contribution in [0.1, 0.15) is 72.5 Å². The highest BCUT2D eigenvalue weighted by Crippen LogP contribution is 2.48. The van der Waals surface area contributed by atoms with Crippen molar-refractivity contribution < 1.29 is 14.6 Å². The molecule has 1 saturated carbocycles. The predicted octanol–water partition coefficient (Wildman–Crippen LogP) is 4.54. The first-order chi connectivity index (χ1) is 11.7. The number of ether oxygens (including phenoxy) is 1. The lowest BCUT2D eigenvalue weighted by Gasteiger charge is -2.47. The highest BCUT2D eigenvalue weighted by atomic mass is 16.5. The van der Waals surface area contributed by atoms with Gasteiger partial charge in [0.25, 0.3) is 0 Å². The van der Waals surface area contributed by atoms with Crippen molar-refractivity contribution in [3.8, 4) is 0 Å². The van der Waals surface area contributed by atoms with Crippen LogP contribution in [0.5, 0.6) is 0 Å². The molecule has 130 valence electrons. The minimum atomic E-state index is -0.849. The predicted molar refractivity (Wildman–Crippen MR) is 93.5 cm³/mol. The van der Waals surface area contributed by atoms with Gasteiger partial charge in [-0.3, -0.25) is 0 Å². The number of nitrogens with one attached hydrogen (secondary N) is 1. The number of hydrogen-bond acceptors (Lipinski definition) is 3. The summed E-state index contributed by atoms with van der Waals surface area (Å²) in [7, 11) is 0. The molecule has 4 rings (SSSR count). The Morgan fingerprint density at radius 1 is 1.17 bits per heavy atom. The molecule has 0 radical (unpaired) electrons. The van der Waals surface area contributed by atoms with Crippen molar-refractivity contribution in [1.29, 1.82) is 0 Å². The van der Waals surface area contributed by atoms with Crippen molar-refractivity contribution in [2.24, 2.45) is 11.8 Å². The van der Waals surface area contributed by atoms with Gasteiger partial charge in [-0.1, -0.05) is 25.3 Å². The minimum Gasteiger partial charge on any atom is -0.478 e. The molecule has 0 bridgehead atoms. The molecule has 1 aliphatic carbocycles. The van der Waals surface area contributed by atoms with Crippen LogP contribution < -0.4 is 5.32 Å². The van der Waals surface area contributed by atoms with Crippen LogP contribution in [0.25, 0.3) is 0 Å². The number of fused-ring (bicyclic) bond motifs is 3. The van der Waals surface area contributed by atoms with Crippen LogP contribution in [-0.4, -0.2) is 23.7 Å². The number of rotatable bonds is 2. The molecule has 1 aromatic rings. The van der Waals surface area contributed by atoms with Crippen molar-refractivity contribution in [3.63, 3.8) is 0 Å². The maximum Gasteiger partial charge on any atom is 0.336 e. The lowest BCUT2D eigenvalue weighted by molar-refractivity contribution is -0.0458. The molecule has 3 atom stereocenters. The van der Waals surface area contributed by atoms with Gasteiger partial charge in [0.15, 0.2) is 0 Å². The molecule has 24 heavy (non-hydrogen) atoms. The van der Waals surface area contributed by atoms with Gasteiger partial charge in [0.2, 0.25) is 0 Å². The summed E-state index contributed by atoms with van der Waals surface area (Å²) in [5, 5.41) is 13.2. The summed E-state index contributed by atoms with van der Waals surface area (Å²) < 4.78 is 6.20. The van der Waals surface area contributed by atoms with Crippen LogP contribution in [0.2, 0.25) is 0 Å². The van der Waals surface area contributed by atoms with Gasteiger partial charge >= 0.3 is 5.97 Å². The molecule has 4 nitrogen and oxygen atoms in total. The lowest BCUT2D eigenvalue weighted by atomic mass is 9.71. The van der Waals surface area contributed by atoms with E-state index in [4.69, 9.17) is 4.74 Å². The monoisotopic (exact) mass is 329 g/mol. The van der Waals surface area contributed by atoms with Crippen LogP contribution in [0, 0.1) is 18.8 Å². The van der Waals surface area contributed by atoms with Crippen LogP contribution >= 0.6 is 0 Å². The first kappa shape index (κ1) is 15.9. The van der Waals surface area contributed by atoms with Gasteiger partial charge in [0.1, 0.15) is 0 Å². The van der Waals surface area contributed by atoms with Crippen molar-refractivity contribution in [1.82, 2.24) is 0 Å². The van der Waals surface area contributed by atoms with E-state index in [1.54, 1.807) is 6.07 Å². The van der Waals surface area contributed by atoms with Gasteiger partial charge in [-0.2, -0.15) is 0 Å². The second kappa shape index (κ2) is 6.40. The van der Waals surface area contributed by atoms with E-state index in [1.807, 2.05) is 13.0 Å². The van der Waals surface area contributed by atoms with E-state index in [1.165, 1.54) is 38.5 Å². The van der Waals surface area contributed by atoms with Crippen molar-refractivity contribution in [2.75, 3.05) is 11.9 Å². The topological polar surface area (TPSA) is 58.6 Å². The van der Waals surface area contributed by atoms with Crippen molar-refractivity contribution >= 4 is 11.7 Å². The summed E-state index contributed by atoms with van der Waals surface area (Å²) in [6, 6.07) is 4.14. The molecular formula is C20H27NO3. The largest absolute Gasteiger partial charge is 0.478 e. The summed E-state index contributed by atoms with van der Waals surface area (Å²) in [5.74, 6) is 0.358. The van der Waals surface area contributed by atoms with Crippen LogP contribution in [0.3, 0.4) is 0 Å². The molecule has 2 aliphatic heterocycles. The van der Waals surface area contributed by atoms with E-state index >= 15 is 0 Å². The Balaban J connectivity index is 1.74. The second-order valence-corrected chi connectivity index (χ2v) is 7.67. The number of carboxylic acids is 1. The fourth-order valence-electron chi connectivity index (χ4n) is 5.12. The Bertz CT molecular complexity index is 636. The molecule has 4 heteroatoms. The average molecular weight is 329 g/mol. The molecule has 3 aliphatic rings. The Labute approximate surface area is 143 Å². The summed E-state index contributed by atoms with van der Waals surface area (Å²) in [4.78, 5) is 11.5. The quantitative estimate of drug-likeness (QED) is 0.836. The molecule has 0 aromatic heterocycles. The van der Waals surface area contributed by atoms with E-state index < -0.39 is 5.97 Å². The number of carbonyl (C=O) groups is 1. The molecule has 3 unspecified atom stereocenters. The van der Waals surface area contributed by atoms with E-state index in [0.717, 1.165) is 29.8 Å². The third kappa shape index (κ3) is 2.61. The molecule has 0 spiro atoms. The first-order valence-electron chi connectivity index (χ1n) is 9.41. The lowest BCUT2D eigenvalue weighted by Crippen LogP contribution is -2.46. The van der Waals surface area contributed by atoms with E-state index in [2.05, 4.69) is 5.32 Å². The van der Waals surface area contributed by atoms with E-state index in [0.29, 0.717) is 23.4 Å². The molecule has 2 heterocycles. The third-order valence-electron chi connectivity index (χ3n) is 6.33. The fraction of sp³-hybridized carbons (Fsp3) is 0.650. The smallest absolute Gasteiger partial charge is 0.336 e. The highest BCUT2D eigenvalue weighted by Gasteiger charge is 2.43. The van der Waals surface area contributed by atoms with Gasteiger partial charge < -0.3 is 15.2 Å². The van der Waals surface area contributed by atoms with Crippen LogP contribution in [-0.2, 0) is 4.74 Å². The van der Waals surface area contributed by atoms with Gasteiger partial charge in [-0.05, 0) is 50.2 Å². The van der Waals surface area contributed by atoms with Crippen LogP contribution in [0.4, 0.5) is 5.69 Å². The molecule has 2 N–H and O–H groups in total. The number of aromatic carboxylic acids is 1. The standard InChI is InChI=1S/C20H27NO3/c1-12-14(20(22)23)9-10-16-17(12)21-18(13-6-3-2-4-7-13)15-8-5-11-24-19(15)16/h9-10,13,15,18-19,21H,2-8,11H2,1H3,(H,22,23). The summed E-state index contributed by atoms with van der Waals surface area (Å²) in [6.07, 6.45) is 9.04. The molecule has 1 aromatic carbocycles. The molecule has 1 saturated heterocycles. The zero-order valence-corrected chi connectivity index (χ0v) is 14.4. The Morgan fingerprint density at radius 3 is 2.71 bits per heavy atom. The zero-order chi connectivity index (χ0) is 16.7. The second-order valence-electron chi connectivity index (χ2n) is 7.67. The number of benzene rings is 1. The van der Waals surface area contributed by atoms with Crippen LogP contribution in [0.15, 0.2) is 12.1 Å². The Hall–Kier alpha value is -1.55. The molecule has 2 fully saturated rings.